The van der Waals surface area contributed by atoms with Gasteiger partial charge in [-0.3, -0.25) is 4.68 Å². The van der Waals surface area contributed by atoms with Crippen molar-refractivity contribution in [2.75, 3.05) is 0 Å². The minimum Gasteiger partial charge on any atom is -0.389 e. The first-order valence-corrected chi connectivity index (χ1v) is 8.88. The number of aryl methyl sites for hydroxylation is 2. The van der Waals surface area contributed by atoms with Crippen LogP contribution in [0.15, 0.2) is 4.47 Å². The van der Waals surface area contributed by atoms with E-state index in [1.54, 1.807) is 0 Å². The van der Waals surface area contributed by atoms with E-state index in [4.69, 9.17) is 0 Å². The second-order valence-corrected chi connectivity index (χ2v) is 8.52. The molecule has 1 saturated carbocycles. The van der Waals surface area contributed by atoms with Gasteiger partial charge in [0, 0.05) is 13.5 Å². The topological polar surface area (TPSA) is 38.0 Å². The van der Waals surface area contributed by atoms with Gasteiger partial charge in [-0.15, -0.1) is 0 Å². The Balaban J connectivity index is 2.09. The van der Waals surface area contributed by atoms with E-state index in [0.29, 0.717) is 11.8 Å². The molecule has 0 aliphatic heterocycles. The van der Waals surface area contributed by atoms with Crippen molar-refractivity contribution in [3.8, 4) is 0 Å². The van der Waals surface area contributed by atoms with E-state index in [0.717, 1.165) is 53.9 Å². The fraction of sp³-hybridized carbons (Fsp3) is 0.824. The molecule has 1 aliphatic carbocycles. The lowest BCUT2D eigenvalue weighted by Gasteiger charge is -2.41. The maximum Gasteiger partial charge on any atom is 0.0766 e. The molecule has 4 heteroatoms. The molecular formula is C17H29BrN2O. The standard InChI is InChI=1S/C17H29BrN2O/c1-6-13-15(18)14(20(5)19-13)11-17(21)9-7-12(8-10-17)16(2,3)4/h12,21H,6-11H2,1-5H3. The van der Waals surface area contributed by atoms with E-state index < -0.39 is 5.60 Å². The lowest BCUT2D eigenvalue weighted by Crippen LogP contribution is -2.39. The number of hydrogen-bond acceptors (Lipinski definition) is 2. The van der Waals surface area contributed by atoms with Crippen molar-refractivity contribution in [3.63, 3.8) is 0 Å². The molecule has 0 spiro atoms. The van der Waals surface area contributed by atoms with Crippen molar-refractivity contribution < 1.29 is 5.11 Å². The molecule has 120 valence electrons. The summed E-state index contributed by atoms with van der Waals surface area (Å²) < 4.78 is 3.01. The van der Waals surface area contributed by atoms with Gasteiger partial charge in [-0.1, -0.05) is 27.7 Å². The van der Waals surface area contributed by atoms with Gasteiger partial charge in [0.25, 0.3) is 0 Å². The van der Waals surface area contributed by atoms with Crippen molar-refractivity contribution in [1.29, 1.82) is 0 Å². The Hall–Kier alpha value is -0.350. The minimum absolute atomic E-state index is 0.351. The molecule has 0 aromatic carbocycles. The number of aliphatic hydroxyl groups is 1. The molecule has 1 aliphatic rings. The summed E-state index contributed by atoms with van der Waals surface area (Å²) in [4.78, 5) is 0. The van der Waals surface area contributed by atoms with Crippen LogP contribution in [0.4, 0.5) is 0 Å². The summed E-state index contributed by atoms with van der Waals surface area (Å²) in [5.41, 5.74) is 2.00. The SMILES string of the molecule is CCc1nn(C)c(CC2(O)CCC(C(C)(C)C)CC2)c1Br. The molecule has 1 aromatic heterocycles. The molecule has 1 heterocycles. The maximum atomic E-state index is 11.0. The Labute approximate surface area is 137 Å². The summed E-state index contributed by atoms with van der Waals surface area (Å²) in [6.45, 7) is 9.05. The van der Waals surface area contributed by atoms with Crippen molar-refractivity contribution in [1.82, 2.24) is 9.78 Å². The van der Waals surface area contributed by atoms with Crippen LogP contribution in [0.2, 0.25) is 0 Å². The van der Waals surface area contributed by atoms with Gasteiger partial charge >= 0.3 is 0 Å². The molecule has 0 saturated heterocycles. The van der Waals surface area contributed by atoms with Crippen LogP contribution in [0.3, 0.4) is 0 Å². The first-order chi connectivity index (χ1) is 9.66. The summed E-state index contributed by atoms with van der Waals surface area (Å²) in [6, 6.07) is 0. The van der Waals surface area contributed by atoms with Crippen molar-refractivity contribution in [2.24, 2.45) is 18.4 Å². The molecule has 0 amide bonds. The Kier molecular flexibility index (Phi) is 4.89. The highest BCUT2D eigenvalue weighted by Gasteiger charge is 2.38. The van der Waals surface area contributed by atoms with Crippen LogP contribution in [0.1, 0.15) is 64.8 Å². The Morgan fingerprint density at radius 2 is 1.90 bits per heavy atom. The van der Waals surface area contributed by atoms with Gasteiger partial charge in [0.15, 0.2) is 0 Å². The highest BCUT2D eigenvalue weighted by Crippen LogP contribution is 2.43. The number of rotatable bonds is 3. The molecule has 1 fully saturated rings. The van der Waals surface area contributed by atoms with Crippen LogP contribution in [-0.2, 0) is 19.9 Å². The third kappa shape index (κ3) is 3.70. The van der Waals surface area contributed by atoms with E-state index in [-0.39, 0.29) is 0 Å². The fourth-order valence-corrected chi connectivity index (χ4v) is 4.28. The van der Waals surface area contributed by atoms with Crippen molar-refractivity contribution in [3.05, 3.63) is 15.9 Å². The minimum atomic E-state index is -0.566. The summed E-state index contributed by atoms with van der Waals surface area (Å²) in [5.74, 6) is 0.721. The Morgan fingerprint density at radius 1 is 1.33 bits per heavy atom. The van der Waals surface area contributed by atoms with Gasteiger partial charge < -0.3 is 5.11 Å². The van der Waals surface area contributed by atoms with Gasteiger partial charge in [0.05, 0.1) is 21.5 Å². The largest absolute Gasteiger partial charge is 0.389 e. The van der Waals surface area contributed by atoms with E-state index in [1.165, 1.54) is 0 Å². The number of halogens is 1. The predicted molar refractivity (Wildman–Crippen MR) is 90.4 cm³/mol. The number of nitrogens with zero attached hydrogens (tertiary/aromatic N) is 2. The van der Waals surface area contributed by atoms with Crippen molar-refractivity contribution in [2.45, 2.75) is 71.8 Å². The van der Waals surface area contributed by atoms with E-state index in [1.807, 2.05) is 11.7 Å². The average molecular weight is 357 g/mol. The molecule has 2 rings (SSSR count). The molecule has 0 atom stereocenters. The fourth-order valence-electron chi connectivity index (χ4n) is 3.52. The van der Waals surface area contributed by atoms with Crippen molar-refractivity contribution >= 4 is 15.9 Å². The molecule has 3 nitrogen and oxygen atoms in total. The highest BCUT2D eigenvalue weighted by atomic mass is 79.9. The third-order valence-corrected chi connectivity index (χ3v) is 6.06. The molecule has 0 unspecified atom stereocenters. The van der Waals surface area contributed by atoms with Gasteiger partial charge in [-0.05, 0) is 59.4 Å². The molecule has 1 N–H and O–H groups in total. The second kappa shape index (κ2) is 6.04. The van der Waals surface area contributed by atoms with Gasteiger partial charge in [-0.2, -0.15) is 5.10 Å². The van der Waals surface area contributed by atoms with Crippen LogP contribution >= 0.6 is 15.9 Å². The summed E-state index contributed by atoms with van der Waals surface area (Å²) >= 11 is 3.66. The maximum absolute atomic E-state index is 11.0. The van der Waals surface area contributed by atoms with Crippen LogP contribution < -0.4 is 0 Å². The smallest absolute Gasteiger partial charge is 0.0766 e. The molecule has 0 radical (unpaired) electrons. The normalized spacial score (nSPS) is 27.1. The second-order valence-electron chi connectivity index (χ2n) is 7.73. The summed E-state index contributed by atoms with van der Waals surface area (Å²) in [7, 11) is 1.98. The van der Waals surface area contributed by atoms with E-state index in [9.17, 15) is 5.11 Å². The van der Waals surface area contributed by atoms with Gasteiger partial charge in [0.1, 0.15) is 0 Å². The highest BCUT2D eigenvalue weighted by molar-refractivity contribution is 9.10. The lowest BCUT2D eigenvalue weighted by molar-refractivity contribution is -0.0258. The van der Waals surface area contributed by atoms with Gasteiger partial charge in [-0.25, -0.2) is 0 Å². The molecular weight excluding hydrogens is 328 g/mol. The molecule has 21 heavy (non-hydrogen) atoms. The monoisotopic (exact) mass is 356 g/mol. The number of hydrogen-bond donors (Lipinski definition) is 1. The zero-order valence-corrected chi connectivity index (χ0v) is 15.6. The van der Waals surface area contributed by atoms with Gasteiger partial charge in [0.2, 0.25) is 0 Å². The zero-order valence-electron chi connectivity index (χ0n) is 14.0. The zero-order chi connectivity index (χ0) is 15.8. The summed E-state index contributed by atoms with van der Waals surface area (Å²) in [6.07, 6.45) is 5.65. The van der Waals surface area contributed by atoms with E-state index >= 15 is 0 Å². The van der Waals surface area contributed by atoms with Crippen LogP contribution in [0.25, 0.3) is 0 Å². The predicted octanol–water partition coefficient (Wildman–Crippen LogP) is 4.25. The van der Waals surface area contributed by atoms with E-state index in [2.05, 4.69) is 48.7 Å². The van der Waals surface area contributed by atoms with Crippen LogP contribution in [-0.4, -0.2) is 20.5 Å². The van der Waals surface area contributed by atoms with Crippen LogP contribution in [0, 0.1) is 11.3 Å². The average Bonchev–Trinajstić information content (AvgIpc) is 2.65. The molecule has 1 aromatic rings. The Bertz CT molecular complexity index is 494. The quantitative estimate of drug-likeness (QED) is 0.878. The number of aromatic nitrogens is 2. The Morgan fingerprint density at radius 3 is 2.33 bits per heavy atom. The van der Waals surface area contributed by atoms with Crippen LogP contribution in [0.5, 0.6) is 0 Å². The first-order valence-electron chi connectivity index (χ1n) is 8.09. The molecule has 0 bridgehead atoms. The lowest BCUT2D eigenvalue weighted by atomic mass is 9.67. The first kappa shape index (κ1) is 17.0. The third-order valence-electron chi connectivity index (χ3n) is 5.14. The summed E-state index contributed by atoms with van der Waals surface area (Å²) in [5, 5.41) is 15.5.